The highest BCUT2D eigenvalue weighted by Gasteiger charge is 2.34. The Hall–Kier alpha value is -2.40. The minimum Gasteiger partial charge on any atom is -0.354 e. The molecule has 0 bridgehead atoms. The summed E-state index contributed by atoms with van der Waals surface area (Å²) in [6.45, 7) is 6.75. The molecule has 5 nitrogen and oxygen atoms in total. The number of benzene rings is 1. The predicted molar refractivity (Wildman–Crippen MR) is 115 cm³/mol. The van der Waals surface area contributed by atoms with Crippen LogP contribution in [0.25, 0.3) is 0 Å². The van der Waals surface area contributed by atoms with Crippen molar-refractivity contribution in [2.45, 2.75) is 32.2 Å². The quantitative estimate of drug-likeness (QED) is 0.811. The number of carbonyl (C=O) groups excluding carboxylic acids is 1. The van der Waals surface area contributed by atoms with Crippen molar-refractivity contribution in [1.29, 1.82) is 0 Å². The lowest BCUT2D eigenvalue weighted by molar-refractivity contribution is -0.118. The van der Waals surface area contributed by atoms with Crippen LogP contribution in [0.5, 0.6) is 0 Å². The normalized spacial score (nSPS) is 23.2. The summed E-state index contributed by atoms with van der Waals surface area (Å²) in [6.07, 6.45) is 9.39. The number of likely N-dealkylation sites (N-methyl/N-ethyl adjacent to an activating group) is 1. The van der Waals surface area contributed by atoms with E-state index in [1.165, 1.54) is 0 Å². The Morgan fingerprint density at radius 3 is 2.61 bits per heavy atom. The van der Waals surface area contributed by atoms with Crippen LogP contribution in [0.4, 0.5) is 5.69 Å². The largest absolute Gasteiger partial charge is 0.354 e. The third-order valence-corrected chi connectivity index (χ3v) is 5.78. The zero-order valence-electron chi connectivity index (χ0n) is 17.0. The Balaban J connectivity index is 1.82. The Morgan fingerprint density at radius 1 is 1.11 bits per heavy atom. The van der Waals surface area contributed by atoms with E-state index in [9.17, 15) is 4.79 Å². The molecule has 0 saturated carbocycles. The van der Waals surface area contributed by atoms with Crippen LogP contribution >= 0.6 is 0 Å². The molecule has 28 heavy (non-hydrogen) atoms. The predicted octanol–water partition coefficient (Wildman–Crippen LogP) is 3.08. The number of piperazine rings is 1. The number of carbonyl (C=O) groups is 1. The van der Waals surface area contributed by atoms with Crippen LogP contribution in [0.3, 0.4) is 0 Å². The number of benzodiazepines with no additional fused rings is 1. The summed E-state index contributed by atoms with van der Waals surface area (Å²) in [7, 11) is 2.16. The summed E-state index contributed by atoms with van der Waals surface area (Å²) in [5.74, 6) is 1.07. The van der Waals surface area contributed by atoms with Crippen LogP contribution in [0.1, 0.15) is 31.7 Å². The van der Waals surface area contributed by atoms with Gasteiger partial charge < -0.3 is 14.7 Å². The van der Waals surface area contributed by atoms with E-state index in [0.717, 1.165) is 74.6 Å². The van der Waals surface area contributed by atoms with Crippen LogP contribution in [0.15, 0.2) is 53.1 Å². The molecule has 1 amide bonds. The fourth-order valence-electron chi connectivity index (χ4n) is 4.19. The molecular weight excluding hydrogens is 348 g/mol. The van der Waals surface area contributed by atoms with Gasteiger partial charge in [-0.05, 0) is 44.0 Å². The summed E-state index contributed by atoms with van der Waals surface area (Å²) in [5, 5.41) is 0. The number of amides is 1. The number of para-hydroxylation sites is 1. The molecular formula is C23H30N4O. The SMILES string of the molecule is CCCN1C(=O)C(C2=CCCC=C2)N=C(N2CCN(C)CC2)c2ccccc21. The molecule has 1 fully saturated rings. The maximum absolute atomic E-state index is 13.6. The molecule has 3 aliphatic rings. The maximum Gasteiger partial charge on any atom is 0.256 e. The Kier molecular flexibility index (Phi) is 5.62. The van der Waals surface area contributed by atoms with Crippen LogP contribution in [-0.2, 0) is 4.79 Å². The molecule has 1 saturated heterocycles. The van der Waals surface area contributed by atoms with E-state index in [1.807, 2.05) is 11.0 Å². The van der Waals surface area contributed by atoms with E-state index in [1.54, 1.807) is 0 Å². The molecule has 1 unspecified atom stereocenters. The molecule has 1 aromatic rings. The van der Waals surface area contributed by atoms with Gasteiger partial charge >= 0.3 is 0 Å². The Labute approximate surface area is 168 Å². The standard InChI is InChI=1S/C23H30N4O/c1-3-13-27-20-12-8-7-11-19(20)22(26-16-14-25(2)15-17-26)24-21(23(27)28)18-9-5-4-6-10-18/h5,7-12,21H,3-4,6,13-17H2,1-2H3. The number of nitrogens with zero attached hydrogens (tertiary/aromatic N) is 4. The smallest absolute Gasteiger partial charge is 0.256 e. The number of hydrogen-bond acceptors (Lipinski definition) is 4. The van der Waals surface area contributed by atoms with E-state index >= 15 is 0 Å². The zero-order chi connectivity index (χ0) is 19.5. The van der Waals surface area contributed by atoms with Crippen molar-refractivity contribution in [2.24, 2.45) is 4.99 Å². The Morgan fingerprint density at radius 2 is 1.89 bits per heavy atom. The summed E-state index contributed by atoms with van der Waals surface area (Å²) >= 11 is 0. The first-order valence-corrected chi connectivity index (χ1v) is 10.5. The van der Waals surface area contributed by atoms with Gasteiger partial charge in [-0.25, -0.2) is 4.99 Å². The van der Waals surface area contributed by atoms with E-state index in [-0.39, 0.29) is 5.91 Å². The van der Waals surface area contributed by atoms with Gasteiger partial charge in [0.1, 0.15) is 5.84 Å². The minimum atomic E-state index is -0.454. The molecule has 0 aromatic heterocycles. The van der Waals surface area contributed by atoms with Crippen LogP contribution in [0.2, 0.25) is 0 Å². The van der Waals surface area contributed by atoms with Crippen LogP contribution in [-0.4, -0.2) is 67.4 Å². The van der Waals surface area contributed by atoms with Gasteiger partial charge in [-0.1, -0.05) is 37.3 Å². The van der Waals surface area contributed by atoms with Crippen molar-refractivity contribution in [1.82, 2.24) is 9.80 Å². The molecule has 1 aliphatic carbocycles. The number of rotatable bonds is 3. The molecule has 0 spiro atoms. The number of amidine groups is 1. The fraction of sp³-hybridized carbons (Fsp3) is 0.478. The Bertz CT molecular complexity index is 818. The number of aliphatic imine (C=N–C) groups is 1. The second-order valence-electron chi connectivity index (χ2n) is 7.84. The van der Waals surface area contributed by atoms with Gasteiger partial charge in [0.2, 0.25) is 0 Å². The maximum atomic E-state index is 13.6. The number of allylic oxidation sites excluding steroid dienone is 2. The van der Waals surface area contributed by atoms with Crippen molar-refractivity contribution in [2.75, 3.05) is 44.7 Å². The third-order valence-electron chi connectivity index (χ3n) is 5.78. The number of hydrogen-bond donors (Lipinski definition) is 0. The summed E-state index contributed by atoms with van der Waals surface area (Å²) < 4.78 is 0. The van der Waals surface area contributed by atoms with Crippen LogP contribution < -0.4 is 4.90 Å². The summed E-state index contributed by atoms with van der Waals surface area (Å²) in [4.78, 5) is 25.4. The average molecular weight is 379 g/mol. The lowest BCUT2D eigenvalue weighted by Gasteiger charge is -2.35. The van der Waals surface area contributed by atoms with Gasteiger partial charge in [0.05, 0.1) is 5.69 Å². The van der Waals surface area contributed by atoms with Gasteiger partial charge in [-0.2, -0.15) is 0 Å². The lowest BCUT2D eigenvalue weighted by Crippen LogP contribution is -2.47. The second-order valence-corrected chi connectivity index (χ2v) is 7.84. The highest BCUT2D eigenvalue weighted by atomic mass is 16.2. The highest BCUT2D eigenvalue weighted by Crippen LogP contribution is 2.30. The van der Waals surface area contributed by atoms with Crippen molar-refractivity contribution >= 4 is 17.4 Å². The van der Waals surface area contributed by atoms with E-state index < -0.39 is 6.04 Å². The van der Waals surface area contributed by atoms with Crippen molar-refractivity contribution in [3.8, 4) is 0 Å². The molecule has 2 heterocycles. The molecule has 148 valence electrons. The molecule has 5 heteroatoms. The van der Waals surface area contributed by atoms with Crippen molar-refractivity contribution < 1.29 is 4.79 Å². The zero-order valence-corrected chi connectivity index (χ0v) is 17.0. The monoisotopic (exact) mass is 378 g/mol. The molecule has 0 N–H and O–H groups in total. The second kappa shape index (κ2) is 8.31. The van der Waals surface area contributed by atoms with E-state index in [0.29, 0.717) is 0 Å². The number of fused-ring (bicyclic) bond motifs is 1. The van der Waals surface area contributed by atoms with Crippen LogP contribution in [0, 0.1) is 0 Å². The first kappa shape index (κ1) is 18.9. The summed E-state index contributed by atoms with van der Waals surface area (Å²) in [5.41, 5.74) is 3.11. The molecule has 1 atom stereocenters. The van der Waals surface area contributed by atoms with Gasteiger partial charge in [0.15, 0.2) is 6.04 Å². The lowest BCUT2D eigenvalue weighted by atomic mass is 9.99. The van der Waals surface area contributed by atoms with Gasteiger partial charge in [-0.3, -0.25) is 4.79 Å². The van der Waals surface area contributed by atoms with E-state index in [2.05, 4.69) is 60.2 Å². The highest BCUT2D eigenvalue weighted by molar-refractivity contribution is 6.13. The van der Waals surface area contributed by atoms with Crippen molar-refractivity contribution in [3.63, 3.8) is 0 Å². The third kappa shape index (κ3) is 3.63. The molecule has 2 aliphatic heterocycles. The van der Waals surface area contributed by atoms with E-state index in [4.69, 9.17) is 4.99 Å². The van der Waals surface area contributed by atoms with Crippen molar-refractivity contribution in [3.05, 3.63) is 53.6 Å². The topological polar surface area (TPSA) is 39.2 Å². The van der Waals surface area contributed by atoms with Gasteiger partial charge in [-0.15, -0.1) is 0 Å². The average Bonchev–Trinajstić information content (AvgIpc) is 2.85. The minimum absolute atomic E-state index is 0.0937. The summed E-state index contributed by atoms with van der Waals surface area (Å²) in [6, 6.07) is 7.82. The molecule has 1 aromatic carbocycles. The first-order valence-electron chi connectivity index (χ1n) is 10.5. The molecule has 0 radical (unpaired) electrons. The van der Waals surface area contributed by atoms with Gasteiger partial charge in [0.25, 0.3) is 5.91 Å². The molecule has 4 rings (SSSR count). The van der Waals surface area contributed by atoms with Gasteiger partial charge in [0, 0.05) is 38.3 Å². The fourth-order valence-corrected chi connectivity index (χ4v) is 4.19. The first-order chi connectivity index (χ1) is 13.7. The number of anilines is 1.